The standard InChI is InChI=1S/C29H16Br12O4/c30-13-1-17(34)25(18(35)2-13)42-9-29(10-43-26-19(36)3-14(31)4-20(26)37,11-44-27-21(38)5-15(32)6-22(27)39)12-45-28-23(40)7-16(33)8-24(28)41/h1-8H,9-12H2. The van der Waals surface area contributed by atoms with Crippen molar-refractivity contribution in [2.75, 3.05) is 26.4 Å². The summed E-state index contributed by atoms with van der Waals surface area (Å²) in [5.41, 5.74) is -0.865. The fraction of sp³-hybridized carbons (Fsp3) is 0.172. The lowest BCUT2D eigenvalue weighted by Crippen LogP contribution is -2.45. The zero-order valence-electron chi connectivity index (χ0n) is 22.1. The molecule has 0 aliphatic carbocycles. The summed E-state index contributed by atoms with van der Waals surface area (Å²) in [6, 6.07) is 15.4. The van der Waals surface area contributed by atoms with Gasteiger partial charge in [-0.2, -0.15) is 0 Å². The van der Waals surface area contributed by atoms with Crippen molar-refractivity contribution in [3.05, 3.63) is 102 Å². The molecule has 0 aliphatic heterocycles. The van der Waals surface area contributed by atoms with E-state index in [-0.39, 0.29) is 26.4 Å². The molecule has 0 atom stereocenters. The Labute approximate surface area is 361 Å². The number of rotatable bonds is 12. The van der Waals surface area contributed by atoms with Gasteiger partial charge in [0.1, 0.15) is 54.8 Å². The van der Waals surface area contributed by atoms with Gasteiger partial charge in [-0.05, 0) is 176 Å². The number of ether oxygens (including phenoxy) is 4. The zero-order chi connectivity index (χ0) is 33.1. The first-order valence-electron chi connectivity index (χ1n) is 12.3. The molecule has 0 amide bonds. The Balaban J connectivity index is 1.78. The predicted octanol–water partition coefficient (Wildman–Crippen LogP) is 15.4. The normalized spacial score (nSPS) is 11.5. The average Bonchev–Trinajstić information content (AvgIpc) is 2.90. The van der Waals surface area contributed by atoms with Crippen LogP contribution in [0.2, 0.25) is 0 Å². The second kappa shape index (κ2) is 17.9. The molecule has 240 valence electrons. The van der Waals surface area contributed by atoms with E-state index >= 15 is 0 Å². The molecule has 4 nitrogen and oxygen atoms in total. The predicted molar refractivity (Wildman–Crippen MR) is 223 cm³/mol. The Hall–Kier alpha value is 1.84. The van der Waals surface area contributed by atoms with E-state index in [4.69, 9.17) is 18.9 Å². The van der Waals surface area contributed by atoms with Crippen LogP contribution in [-0.4, -0.2) is 26.4 Å². The van der Waals surface area contributed by atoms with Crippen molar-refractivity contribution >= 4 is 191 Å². The summed E-state index contributed by atoms with van der Waals surface area (Å²) in [6.45, 7) is 0.647. The summed E-state index contributed by atoms with van der Waals surface area (Å²) in [7, 11) is 0. The van der Waals surface area contributed by atoms with Crippen LogP contribution in [0.1, 0.15) is 0 Å². The molecule has 0 saturated heterocycles. The lowest BCUT2D eigenvalue weighted by molar-refractivity contribution is -0.00502. The third-order valence-corrected chi connectivity index (χ3v) is 12.5. The Morgan fingerprint density at radius 3 is 0.622 bits per heavy atom. The first-order valence-corrected chi connectivity index (χ1v) is 21.8. The van der Waals surface area contributed by atoms with Crippen LogP contribution in [0.4, 0.5) is 0 Å². The molecule has 0 saturated carbocycles. The maximum Gasteiger partial charge on any atom is 0.147 e. The van der Waals surface area contributed by atoms with Crippen LogP contribution in [0.25, 0.3) is 0 Å². The van der Waals surface area contributed by atoms with Crippen LogP contribution in [0.3, 0.4) is 0 Å². The monoisotopic (exact) mass is 1380 g/mol. The molecule has 0 aliphatic rings. The van der Waals surface area contributed by atoms with Gasteiger partial charge in [0, 0.05) is 17.9 Å². The highest BCUT2D eigenvalue weighted by atomic mass is 79.9. The zero-order valence-corrected chi connectivity index (χ0v) is 41.1. The molecule has 4 aromatic carbocycles. The molecule has 4 rings (SSSR count). The fourth-order valence-electron chi connectivity index (χ4n) is 3.82. The van der Waals surface area contributed by atoms with E-state index in [0.29, 0.717) is 23.0 Å². The van der Waals surface area contributed by atoms with E-state index < -0.39 is 5.41 Å². The van der Waals surface area contributed by atoms with Crippen LogP contribution >= 0.6 is 191 Å². The lowest BCUT2D eigenvalue weighted by atomic mass is 9.92. The van der Waals surface area contributed by atoms with E-state index in [1.165, 1.54) is 0 Å². The van der Waals surface area contributed by atoms with Crippen LogP contribution in [-0.2, 0) is 0 Å². The van der Waals surface area contributed by atoms with Gasteiger partial charge in [0.2, 0.25) is 0 Å². The number of halogens is 12. The van der Waals surface area contributed by atoms with Gasteiger partial charge in [-0.15, -0.1) is 0 Å². The average molecular weight is 1390 g/mol. The Kier molecular flexibility index (Phi) is 15.7. The number of hydrogen-bond acceptors (Lipinski definition) is 4. The van der Waals surface area contributed by atoms with Crippen LogP contribution in [0, 0.1) is 5.41 Å². The van der Waals surface area contributed by atoms with E-state index in [9.17, 15) is 0 Å². The van der Waals surface area contributed by atoms with Crippen LogP contribution in [0.15, 0.2) is 102 Å². The topological polar surface area (TPSA) is 36.9 Å². The highest BCUT2D eigenvalue weighted by Gasteiger charge is 2.37. The second-order valence-electron chi connectivity index (χ2n) is 9.45. The fourth-order valence-corrected chi connectivity index (χ4v) is 13.8. The summed E-state index contributed by atoms with van der Waals surface area (Å²) >= 11 is 43.3. The van der Waals surface area contributed by atoms with Crippen molar-refractivity contribution < 1.29 is 18.9 Å². The molecule has 0 bridgehead atoms. The molecule has 4 aromatic rings. The molecular weight excluding hydrogens is 1370 g/mol. The van der Waals surface area contributed by atoms with E-state index in [1.54, 1.807) is 0 Å². The molecule has 0 unspecified atom stereocenters. The first-order chi connectivity index (χ1) is 21.2. The molecule has 0 spiro atoms. The Morgan fingerprint density at radius 1 is 0.311 bits per heavy atom. The molecule has 16 heteroatoms. The Morgan fingerprint density at radius 2 is 0.467 bits per heavy atom. The van der Waals surface area contributed by atoms with Gasteiger partial charge in [0.05, 0.1) is 35.8 Å². The van der Waals surface area contributed by atoms with E-state index in [1.807, 2.05) is 48.5 Å². The van der Waals surface area contributed by atoms with Crippen molar-refractivity contribution in [2.45, 2.75) is 0 Å². The summed E-state index contributed by atoms with van der Waals surface area (Å²) < 4.78 is 36.0. The van der Waals surface area contributed by atoms with Gasteiger partial charge in [-0.25, -0.2) is 0 Å². The summed E-state index contributed by atoms with van der Waals surface area (Å²) in [5.74, 6) is 2.52. The minimum absolute atomic E-state index is 0.162. The second-order valence-corrected chi connectivity index (χ2v) is 19.9. The van der Waals surface area contributed by atoms with E-state index in [2.05, 4.69) is 191 Å². The first kappa shape index (κ1) is 39.6. The van der Waals surface area contributed by atoms with Gasteiger partial charge in [-0.3, -0.25) is 0 Å². The molecule has 45 heavy (non-hydrogen) atoms. The molecule has 0 aromatic heterocycles. The SMILES string of the molecule is Brc1cc(Br)c(OCC(COc2c(Br)cc(Br)cc2Br)(COc2c(Br)cc(Br)cc2Br)COc2c(Br)cc(Br)cc2Br)c(Br)c1. The summed E-state index contributed by atoms with van der Waals surface area (Å²) in [6.07, 6.45) is 0. The van der Waals surface area contributed by atoms with Crippen molar-refractivity contribution in [1.29, 1.82) is 0 Å². The maximum absolute atomic E-state index is 6.54. The van der Waals surface area contributed by atoms with Crippen LogP contribution in [0.5, 0.6) is 23.0 Å². The smallest absolute Gasteiger partial charge is 0.147 e. The van der Waals surface area contributed by atoms with Gasteiger partial charge in [0.15, 0.2) is 0 Å². The molecule has 0 fully saturated rings. The minimum atomic E-state index is -0.865. The molecule has 0 N–H and O–H groups in total. The van der Waals surface area contributed by atoms with Crippen LogP contribution < -0.4 is 18.9 Å². The van der Waals surface area contributed by atoms with Crippen molar-refractivity contribution in [2.24, 2.45) is 5.41 Å². The van der Waals surface area contributed by atoms with Gasteiger partial charge < -0.3 is 18.9 Å². The lowest BCUT2D eigenvalue weighted by Gasteiger charge is -2.34. The van der Waals surface area contributed by atoms with Gasteiger partial charge >= 0.3 is 0 Å². The minimum Gasteiger partial charge on any atom is -0.490 e. The maximum atomic E-state index is 6.54. The number of hydrogen-bond donors (Lipinski definition) is 0. The highest BCUT2D eigenvalue weighted by Crippen LogP contribution is 2.43. The van der Waals surface area contributed by atoms with Gasteiger partial charge in [0.25, 0.3) is 0 Å². The largest absolute Gasteiger partial charge is 0.490 e. The highest BCUT2D eigenvalue weighted by molar-refractivity contribution is 9.13. The van der Waals surface area contributed by atoms with Crippen molar-refractivity contribution in [1.82, 2.24) is 0 Å². The summed E-state index contributed by atoms with van der Waals surface area (Å²) in [4.78, 5) is 0. The van der Waals surface area contributed by atoms with E-state index in [0.717, 1.165) is 53.7 Å². The quantitative estimate of drug-likeness (QED) is 0.142. The summed E-state index contributed by atoms with van der Waals surface area (Å²) in [5, 5.41) is 0. The van der Waals surface area contributed by atoms with Crippen molar-refractivity contribution in [3.63, 3.8) is 0 Å². The molecular formula is C29H16Br12O4. The third kappa shape index (κ3) is 10.9. The van der Waals surface area contributed by atoms with Gasteiger partial charge in [-0.1, -0.05) is 63.7 Å². The van der Waals surface area contributed by atoms with Crippen molar-refractivity contribution in [3.8, 4) is 23.0 Å². The third-order valence-electron chi connectivity index (χ3n) is 5.94. The molecule has 0 heterocycles. The molecule has 0 radical (unpaired) electrons. The Bertz CT molecular complexity index is 1370. The number of benzene rings is 4.